The van der Waals surface area contributed by atoms with Gasteiger partial charge in [-0.05, 0) is 45.7 Å². The Hall–Kier alpha value is -0.450. The molecule has 2 N–H and O–H groups in total. The van der Waals surface area contributed by atoms with Crippen molar-refractivity contribution in [2.75, 3.05) is 19.6 Å². The number of nitrogens with two attached hydrogens (primary N) is 1. The van der Waals surface area contributed by atoms with E-state index in [1.165, 1.54) is 17.0 Å². The lowest BCUT2D eigenvalue weighted by molar-refractivity contribution is 0.142. The Morgan fingerprint density at radius 1 is 1.37 bits per heavy atom. The van der Waals surface area contributed by atoms with Gasteiger partial charge in [-0.2, -0.15) is 0 Å². The molecule has 0 aromatic carbocycles. The van der Waals surface area contributed by atoms with Crippen molar-refractivity contribution in [2.24, 2.45) is 11.1 Å². The Morgan fingerprint density at radius 3 is 2.42 bits per heavy atom. The van der Waals surface area contributed by atoms with Crippen LogP contribution in [0.3, 0.4) is 0 Å². The third kappa shape index (κ3) is 4.55. The van der Waals surface area contributed by atoms with Crippen molar-refractivity contribution in [3.8, 4) is 0 Å². The van der Waals surface area contributed by atoms with Gasteiger partial charge >= 0.3 is 0 Å². The first-order valence-electron chi connectivity index (χ1n) is 7.18. The molecule has 1 unspecified atom stereocenters. The summed E-state index contributed by atoms with van der Waals surface area (Å²) in [5.74, 6) is 0. The largest absolute Gasteiger partial charge is 0.330 e. The lowest BCUT2D eigenvalue weighted by Gasteiger charge is -2.35. The van der Waals surface area contributed by atoms with Crippen molar-refractivity contribution in [2.45, 2.75) is 54.0 Å². The molecule has 0 radical (unpaired) electrons. The first kappa shape index (κ1) is 16.6. The van der Waals surface area contributed by atoms with E-state index in [0.29, 0.717) is 6.04 Å². The maximum Gasteiger partial charge on any atom is 0.0900 e. The molecule has 0 aliphatic heterocycles. The molecule has 1 aromatic heterocycles. The Bertz CT molecular complexity index is 398. The maximum absolute atomic E-state index is 5.89. The maximum atomic E-state index is 5.89. The molecule has 0 saturated carbocycles. The molecule has 4 heteroatoms. The molecule has 0 bridgehead atoms. The predicted octanol–water partition coefficient (Wildman–Crippen LogP) is 3.52. The summed E-state index contributed by atoms with van der Waals surface area (Å²) >= 11 is 1.83. The van der Waals surface area contributed by atoms with E-state index in [9.17, 15) is 0 Å². The zero-order valence-electron chi connectivity index (χ0n) is 13.3. The molecule has 0 saturated heterocycles. The zero-order chi connectivity index (χ0) is 14.6. The smallest absolute Gasteiger partial charge is 0.0900 e. The number of nitrogens with zero attached hydrogens (tertiary/aromatic N) is 2. The molecule has 1 rings (SSSR count). The molecule has 110 valence electrons. The molecule has 0 fully saturated rings. The van der Waals surface area contributed by atoms with Gasteiger partial charge in [0, 0.05) is 17.5 Å². The fourth-order valence-electron chi connectivity index (χ4n) is 2.41. The van der Waals surface area contributed by atoms with Crippen LogP contribution in [0.4, 0.5) is 0 Å². The van der Waals surface area contributed by atoms with Crippen molar-refractivity contribution in [3.05, 3.63) is 15.6 Å². The highest BCUT2D eigenvalue weighted by Crippen LogP contribution is 2.31. The van der Waals surface area contributed by atoms with E-state index in [2.05, 4.69) is 51.4 Å². The fourth-order valence-corrected chi connectivity index (χ4v) is 3.43. The number of thiazole rings is 1. The van der Waals surface area contributed by atoms with Gasteiger partial charge in [0.25, 0.3) is 0 Å². The van der Waals surface area contributed by atoms with Crippen LogP contribution in [-0.2, 0) is 0 Å². The summed E-state index contributed by atoms with van der Waals surface area (Å²) in [5.41, 5.74) is 7.23. The summed E-state index contributed by atoms with van der Waals surface area (Å²) in [6.07, 6.45) is 1.17. The highest BCUT2D eigenvalue weighted by Gasteiger charge is 2.25. The average molecular weight is 283 g/mol. The van der Waals surface area contributed by atoms with Crippen LogP contribution in [0, 0.1) is 19.3 Å². The molecule has 0 amide bonds. The van der Waals surface area contributed by atoms with Crippen molar-refractivity contribution in [3.63, 3.8) is 0 Å². The molecular weight excluding hydrogens is 254 g/mol. The third-order valence-electron chi connectivity index (χ3n) is 3.56. The van der Waals surface area contributed by atoms with E-state index >= 15 is 0 Å². The number of aryl methyl sites for hydroxylation is 2. The Morgan fingerprint density at radius 2 is 2.00 bits per heavy atom. The van der Waals surface area contributed by atoms with Gasteiger partial charge in [-0.25, -0.2) is 4.98 Å². The van der Waals surface area contributed by atoms with Crippen LogP contribution < -0.4 is 5.73 Å². The third-order valence-corrected chi connectivity index (χ3v) is 4.80. The lowest BCUT2D eigenvalue weighted by atomic mass is 9.92. The van der Waals surface area contributed by atoms with Crippen molar-refractivity contribution < 1.29 is 0 Å². The zero-order valence-corrected chi connectivity index (χ0v) is 14.1. The van der Waals surface area contributed by atoms with Gasteiger partial charge < -0.3 is 5.73 Å². The second-order valence-electron chi connectivity index (χ2n) is 6.20. The summed E-state index contributed by atoms with van der Waals surface area (Å²) in [7, 11) is 0. The standard InChI is InChI=1S/C15H29N3S/c1-7-8-18(10-15(5,6)9-16)12(3)14-11(2)17-13(4)19-14/h12H,7-10,16H2,1-6H3. The summed E-state index contributed by atoms with van der Waals surface area (Å²) in [6, 6.07) is 0.428. The highest BCUT2D eigenvalue weighted by atomic mass is 32.1. The van der Waals surface area contributed by atoms with Crippen molar-refractivity contribution in [1.29, 1.82) is 0 Å². The van der Waals surface area contributed by atoms with Crippen LogP contribution in [0.15, 0.2) is 0 Å². The normalized spacial score (nSPS) is 14.1. The molecule has 3 nitrogen and oxygen atoms in total. The number of rotatable bonds is 7. The SMILES string of the molecule is CCCN(CC(C)(C)CN)C(C)c1sc(C)nc1C. The van der Waals surface area contributed by atoms with E-state index < -0.39 is 0 Å². The Labute approximate surface area is 122 Å². The highest BCUT2D eigenvalue weighted by molar-refractivity contribution is 7.11. The first-order chi connectivity index (χ1) is 8.80. The lowest BCUT2D eigenvalue weighted by Crippen LogP contribution is -2.40. The molecule has 0 aliphatic carbocycles. The van der Waals surface area contributed by atoms with E-state index in [0.717, 1.165) is 24.6 Å². The van der Waals surface area contributed by atoms with Crippen LogP contribution in [0.2, 0.25) is 0 Å². The number of aromatic nitrogens is 1. The molecule has 1 aromatic rings. The summed E-state index contributed by atoms with van der Waals surface area (Å²) in [4.78, 5) is 8.51. The van der Waals surface area contributed by atoms with Crippen molar-refractivity contribution >= 4 is 11.3 Å². The fraction of sp³-hybridized carbons (Fsp3) is 0.800. The Balaban J connectivity index is 2.89. The summed E-state index contributed by atoms with van der Waals surface area (Å²) in [5, 5.41) is 1.16. The van der Waals surface area contributed by atoms with Gasteiger partial charge in [0.2, 0.25) is 0 Å². The minimum absolute atomic E-state index is 0.164. The quantitative estimate of drug-likeness (QED) is 0.832. The minimum Gasteiger partial charge on any atom is -0.330 e. The van der Waals surface area contributed by atoms with Gasteiger partial charge in [0.1, 0.15) is 0 Å². The van der Waals surface area contributed by atoms with E-state index in [-0.39, 0.29) is 5.41 Å². The van der Waals surface area contributed by atoms with Gasteiger partial charge in [-0.3, -0.25) is 4.90 Å². The number of hydrogen-bond acceptors (Lipinski definition) is 4. The molecule has 0 aliphatic rings. The topological polar surface area (TPSA) is 42.1 Å². The van der Waals surface area contributed by atoms with Crippen molar-refractivity contribution in [1.82, 2.24) is 9.88 Å². The molecule has 0 spiro atoms. The van der Waals surface area contributed by atoms with Crippen LogP contribution >= 0.6 is 11.3 Å². The average Bonchev–Trinajstić information content (AvgIpc) is 2.67. The monoisotopic (exact) mass is 283 g/mol. The van der Waals surface area contributed by atoms with Gasteiger partial charge in [-0.1, -0.05) is 20.8 Å². The molecule has 1 heterocycles. The van der Waals surface area contributed by atoms with Crippen LogP contribution in [0.25, 0.3) is 0 Å². The van der Waals surface area contributed by atoms with Gasteiger partial charge in [-0.15, -0.1) is 11.3 Å². The van der Waals surface area contributed by atoms with Crippen LogP contribution in [0.5, 0.6) is 0 Å². The molecular formula is C15H29N3S. The molecule has 19 heavy (non-hydrogen) atoms. The van der Waals surface area contributed by atoms with Crippen LogP contribution in [-0.4, -0.2) is 29.5 Å². The van der Waals surface area contributed by atoms with Gasteiger partial charge in [0.05, 0.1) is 10.7 Å². The number of hydrogen-bond donors (Lipinski definition) is 1. The first-order valence-corrected chi connectivity index (χ1v) is 8.00. The van der Waals surface area contributed by atoms with E-state index in [4.69, 9.17) is 5.73 Å². The van der Waals surface area contributed by atoms with Crippen LogP contribution in [0.1, 0.15) is 55.7 Å². The van der Waals surface area contributed by atoms with E-state index in [1.54, 1.807) is 0 Å². The second kappa shape index (κ2) is 6.82. The van der Waals surface area contributed by atoms with Gasteiger partial charge in [0.15, 0.2) is 0 Å². The predicted molar refractivity (Wildman–Crippen MR) is 84.7 cm³/mol. The summed E-state index contributed by atoms with van der Waals surface area (Å²) < 4.78 is 0. The second-order valence-corrected chi connectivity index (χ2v) is 7.43. The Kier molecular flexibility index (Phi) is 5.96. The summed E-state index contributed by atoms with van der Waals surface area (Å²) in [6.45, 7) is 16.1. The minimum atomic E-state index is 0.164. The molecule has 1 atom stereocenters. The van der Waals surface area contributed by atoms with E-state index in [1.807, 2.05) is 11.3 Å².